The molecule has 0 aromatic heterocycles. The van der Waals surface area contributed by atoms with Gasteiger partial charge in [0, 0.05) is 16.0 Å². The highest BCUT2D eigenvalue weighted by Gasteiger charge is 2.14. The van der Waals surface area contributed by atoms with E-state index < -0.39 is 11.7 Å². The first kappa shape index (κ1) is 13.7. The van der Waals surface area contributed by atoms with Crippen molar-refractivity contribution in [2.75, 3.05) is 0 Å². The first-order valence-electron chi connectivity index (χ1n) is 5.06. The fourth-order valence-electron chi connectivity index (χ4n) is 1.23. The Morgan fingerprint density at radius 1 is 1.50 bits per heavy atom. The molecule has 94 valence electrons. The van der Waals surface area contributed by atoms with Gasteiger partial charge in [0.05, 0.1) is 5.71 Å². The van der Waals surface area contributed by atoms with Crippen LogP contribution in [0.3, 0.4) is 0 Å². The van der Waals surface area contributed by atoms with E-state index in [-0.39, 0.29) is 17.7 Å². The Hall–Kier alpha value is -2.40. The molecule has 0 atom stereocenters. The molecule has 0 unspecified atom stereocenters. The molecule has 0 saturated heterocycles. The van der Waals surface area contributed by atoms with Crippen LogP contribution in [-0.2, 0) is 11.4 Å². The maximum Gasteiger partial charge on any atom is 0.249 e. The number of hydrogen-bond acceptors (Lipinski definition) is 3. The van der Waals surface area contributed by atoms with Gasteiger partial charge in [0.1, 0.15) is 12.4 Å². The van der Waals surface area contributed by atoms with Crippen LogP contribution in [0.25, 0.3) is 10.4 Å². The zero-order valence-corrected chi connectivity index (χ0v) is 9.92. The summed E-state index contributed by atoms with van der Waals surface area (Å²) in [6, 6.07) is 3.91. The van der Waals surface area contributed by atoms with Gasteiger partial charge < -0.3 is 4.84 Å². The number of oxime groups is 1. The van der Waals surface area contributed by atoms with Gasteiger partial charge in [-0.3, -0.25) is 4.79 Å². The lowest BCUT2D eigenvalue weighted by atomic mass is 10.1. The van der Waals surface area contributed by atoms with Gasteiger partial charge >= 0.3 is 0 Å². The Morgan fingerprint density at radius 2 is 2.22 bits per heavy atom. The number of carbonyl (C=O) groups is 1. The first-order valence-corrected chi connectivity index (χ1v) is 5.06. The third-order valence-electron chi connectivity index (χ3n) is 1.94. The van der Waals surface area contributed by atoms with Crippen LogP contribution in [0.2, 0.25) is 0 Å². The van der Waals surface area contributed by atoms with E-state index in [0.29, 0.717) is 5.71 Å². The Labute approximate surface area is 103 Å². The maximum absolute atomic E-state index is 13.6. The number of carbonyl (C=O) groups excluding carboxylic acids is 1. The molecule has 0 spiro atoms. The predicted molar refractivity (Wildman–Crippen MR) is 63.4 cm³/mol. The molecule has 0 aliphatic heterocycles. The molecule has 0 fully saturated rings. The van der Waals surface area contributed by atoms with Crippen molar-refractivity contribution >= 4 is 11.6 Å². The number of halogens is 1. The molecule has 0 heterocycles. The molecule has 6 nitrogen and oxygen atoms in total. The standard InChI is InChI=1S/C11H11FN4O2/c1-7(2)15-18-6-9-8(11(17)14-16-13)4-3-5-10(9)12/h3-5H,6H2,1-2H3. The molecule has 0 N–H and O–H groups in total. The van der Waals surface area contributed by atoms with E-state index in [1.807, 2.05) is 0 Å². The van der Waals surface area contributed by atoms with Gasteiger partial charge in [0.15, 0.2) is 0 Å². The van der Waals surface area contributed by atoms with Crippen molar-refractivity contribution in [3.63, 3.8) is 0 Å². The SMILES string of the molecule is CC(C)=NOCc1c(F)cccc1C(=O)N=[N+]=[N-]. The summed E-state index contributed by atoms with van der Waals surface area (Å²) in [6.07, 6.45) is 0. The number of hydrogen-bond donors (Lipinski definition) is 0. The van der Waals surface area contributed by atoms with Crippen LogP contribution in [0.5, 0.6) is 0 Å². The summed E-state index contributed by atoms with van der Waals surface area (Å²) >= 11 is 0. The molecule has 1 rings (SSSR count). The average Bonchev–Trinajstić information content (AvgIpc) is 2.31. The summed E-state index contributed by atoms with van der Waals surface area (Å²) in [4.78, 5) is 18.7. The fraction of sp³-hybridized carbons (Fsp3) is 0.273. The number of rotatable bonds is 4. The lowest BCUT2D eigenvalue weighted by Crippen LogP contribution is -2.04. The summed E-state index contributed by atoms with van der Waals surface area (Å²) in [6.45, 7) is 3.22. The Kier molecular flexibility index (Phi) is 4.83. The van der Waals surface area contributed by atoms with E-state index in [1.165, 1.54) is 18.2 Å². The molecule has 0 saturated carbocycles. The van der Waals surface area contributed by atoms with Crippen molar-refractivity contribution in [3.05, 3.63) is 45.6 Å². The van der Waals surface area contributed by atoms with Crippen LogP contribution in [0.1, 0.15) is 29.8 Å². The van der Waals surface area contributed by atoms with Crippen molar-refractivity contribution in [2.45, 2.75) is 20.5 Å². The van der Waals surface area contributed by atoms with E-state index in [1.54, 1.807) is 13.8 Å². The number of azide groups is 1. The second-order valence-corrected chi connectivity index (χ2v) is 3.57. The van der Waals surface area contributed by atoms with Gasteiger partial charge in [-0.1, -0.05) is 17.3 Å². The highest BCUT2D eigenvalue weighted by Crippen LogP contribution is 2.16. The van der Waals surface area contributed by atoms with Crippen molar-refractivity contribution in [1.29, 1.82) is 0 Å². The number of nitrogens with zero attached hydrogens (tertiary/aromatic N) is 4. The molecule has 1 aromatic rings. The lowest BCUT2D eigenvalue weighted by Gasteiger charge is -2.06. The zero-order valence-electron chi connectivity index (χ0n) is 9.92. The Balaban J connectivity index is 3.04. The second kappa shape index (κ2) is 6.36. The normalized spacial score (nSPS) is 9.28. The van der Waals surface area contributed by atoms with Gasteiger partial charge in [0.25, 0.3) is 0 Å². The quantitative estimate of drug-likeness (QED) is 0.270. The molecule has 0 radical (unpaired) electrons. The van der Waals surface area contributed by atoms with Crippen LogP contribution in [0.15, 0.2) is 28.5 Å². The molecule has 0 aliphatic rings. The third-order valence-corrected chi connectivity index (χ3v) is 1.94. The van der Waals surface area contributed by atoms with Crippen LogP contribution in [-0.4, -0.2) is 11.6 Å². The van der Waals surface area contributed by atoms with Crippen molar-refractivity contribution in [2.24, 2.45) is 10.3 Å². The van der Waals surface area contributed by atoms with Crippen LogP contribution >= 0.6 is 0 Å². The van der Waals surface area contributed by atoms with Gasteiger partial charge in [-0.05, 0) is 30.6 Å². The summed E-state index contributed by atoms with van der Waals surface area (Å²) in [5.41, 5.74) is 8.84. The van der Waals surface area contributed by atoms with E-state index in [9.17, 15) is 9.18 Å². The van der Waals surface area contributed by atoms with Crippen molar-refractivity contribution < 1.29 is 14.0 Å². The molecule has 0 aliphatic carbocycles. The highest BCUT2D eigenvalue weighted by atomic mass is 19.1. The smallest absolute Gasteiger partial charge is 0.249 e. The summed E-state index contributed by atoms with van der Waals surface area (Å²) < 4.78 is 13.6. The van der Waals surface area contributed by atoms with Gasteiger partial charge in [-0.25, -0.2) is 4.39 Å². The third kappa shape index (κ3) is 3.57. The second-order valence-electron chi connectivity index (χ2n) is 3.57. The van der Waals surface area contributed by atoms with Crippen LogP contribution in [0, 0.1) is 5.82 Å². The molecule has 1 aromatic carbocycles. The molecular formula is C11H11FN4O2. The molecule has 1 amide bonds. The summed E-state index contributed by atoms with van der Waals surface area (Å²) in [5.74, 6) is -1.47. The summed E-state index contributed by atoms with van der Waals surface area (Å²) in [5, 5.41) is 6.57. The minimum absolute atomic E-state index is 0.0138. The summed E-state index contributed by atoms with van der Waals surface area (Å²) in [7, 11) is 0. The Morgan fingerprint density at radius 3 is 2.83 bits per heavy atom. The van der Waals surface area contributed by atoms with E-state index in [0.717, 1.165) is 0 Å². The molecule has 7 heteroatoms. The highest BCUT2D eigenvalue weighted by molar-refractivity contribution is 5.96. The average molecular weight is 250 g/mol. The number of amides is 1. The monoisotopic (exact) mass is 250 g/mol. The van der Waals surface area contributed by atoms with E-state index >= 15 is 0 Å². The Bertz CT molecular complexity index is 532. The molecule has 0 bridgehead atoms. The van der Waals surface area contributed by atoms with Crippen LogP contribution < -0.4 is 0 Å². The maximum atomic E-state index is 13.6. The van der Waals surface area contributed by atoms with Crippen LogP contribution in [0.4, 0.5) is 4.39 Å². The minimum atomic E-state index is -0.854. The van der Waals surface area contributed by atoms with Gasteiger partial charge in [-0.15, -0.1) is 0 Å². The van der Waals surface area contributed by atoms with Gasteiger partial charge in [-0.2, -0.15) is 0 Å². The largest absolute Gasteiger partial charge is 0.391 e. The van der Waals surface area contributed by atoms with Gasteiger partial charge in [0.2, 0.25) is 5.91 Å². The zero-order chi connectivity index (χ0) is 13.5. The van der Waals surface area contributed by atoms with Crippen molar-refractivity contribution in [3.8, 4) is 0 Å². The predicted octanol–water partition coefficient (Wildman–Crippen LogP) is 3.19. The number of benzene rings is 1. The topological polar surface area (TPSA) is 87.4 Å². The molecule has 18 heavy (non-hydrogen) atoms. The lowest BCUT2D eigenvalue weighted by molar-refractivity contribution is 0.0986. The van der Waals surface area contributed by atoms with E-state index in [2.05, 4.69) is 15.2 Å². The fourth-order valence-corrected chi connectivity index (χ4v) is 1.23. The first-order chi connectivity index (χ1) is 8.56. The van der Waals surface area contributed by atoms with Crippen molar-refractivity contribution in [1.82, 2.24) is 0 Å². The van der Waals surface area contributed by atoms with E-state index in [4.69, 9.17) is 10.4 Å². The minimum Gasteiger partial charge on any atom is -0.391 e. The molecular weight excluding hydrogens is 239 g/mol.